The molecule has 0 radical (unpaired) electrons. The Kier molecular flexibility index (Phi) is 6.69. The SMILES string of the molecule is OCc1ccc(B2OB(c3ccc(CO)cc3)OB(c3ccc(CO)cc3)O2)cc1. The summed E-state index contributed by atoms with van der Waals surface area (Å²) in [7, 11) is -2.01. The molecule has 4 rings (SSSR count). The Labute approximate surface area is 176 Å². The number of rotatable bonds is 6. The van der Waals surface area contributed by atoms with Crippen molar-refractivity contribution >= 4 is 37.7 Å². The smallest absolute Gasteiger partial charge is 0.445 e. The minimum absolute atomic E-state index is 0.0323. The Morgan fingerprint density at radius 1 is 0.433 bits per heavy atom. The van der Waals surface area contributed by atoms with E-state index in [1.807, 2.05) is 72.8 Å². The third kappa shape index (κ3) is 4.68. The van der Waals surface area contributed by atoms with E-state index in [0.717, 1.165) is 33.1 Å². The van der Waals surface area contributed by atoms with Crippen LogP contribution in [0.15, 0.2) is 72.8 Å². The number of hydrogen-bond donors (Lipinski definition) is 3. The van der Waals surface area contributed by atoms with E-state index in [2.05, 4.69) is 0 Å². The van der Waals surface area contributed by atoms with E-state index in [-0.39, 0.29) is 19.8 Å². The van der Waals surface area contributed by atoms with Gasteiger partial charge in [0.1, 0.15) is 0 Å². The van der Waals surface area contributed by atoms with Crippen molar-refractivity contribution in [2.24, 2.45) is 0 Å². The van der Waals surface area contributed by atoms with Crippen molar-refractivity contribution in [3.63, 3.8) is 0 Å². The Hall–Kier alpha value is -2.39. The van der Waals surface area contributed by atoms with Gasteiger partial charge >= 0.3 is 21.4 Å². The fourth-order valence-corrected chi connectivity index (χ4v) is 3.24. The second-order valence-electron chi connectivity index (χ2n) is 7.10. The summed E-state index contributed by atoms with van der Waals surface area (Å²) in [5, 5.41) is 27.9. The molecule has 1 aliphatic heterocycles. The molecule has 1 heterocycles. The second-order valence-corrected chi connectivity index (χ2v) is 7.10. The first-order valence-electron chi connectivity index (χ1n) is 9.75. The first-order chi connectivity index (χ1) is 14.7. The first-order valence-corrected chi connectivity index (χ1v) is 9.75. The molecular weight excluding hydrogens is 381 g/mol. The Balaban J connectivity index is 1.63. The highest BCUT2D eigenvalue weighted by Crippen LogP contribution is 2.12. The predicted octanol–water partition coefficient (Wildman–Crippen LogP) is -0.287. The van der Waals surface area contributed by atoms with Crippen LogP contribution in [0, 0.1) is 0 Å². The summed E-state index contributed by atoms with van der Waals surface area (Å²) >= 11 is 0. The molecule has 3 aromatic carbocycles. The quantitative estimate of drug-likeness (QED) is 0.492. The van der Waals surface area contributed by atoms with Gasteiger partial charge in [0.15, 0.2) is 0 Å². The van der Waals surface area contributed by atoms with Crippen molar-refractivity contribution in [2.75, 3.05) is 0 Å². The number of hydrogen-bond acceptors (Lipinski definition) is 6. The summed E-state index contributed by atoms with van der Waals surface area (Å²) in [5.41, 5.74) is 4.84. The first kappa shape index (κ1) is 20.9. The van der Waals surface area contributed by atoms with Crippen molar-refractivity contribution < 1.29 is 29.0 Å². The third-order valence-corrected chi connectivity index (χ3v) is 5.04. The maximum absolute atomic E-state index is 9.29. The van der Waals surface area contributed by atoms with Gasteiger partial charge in [-0.3, -0.25) is 0 Å². The molecular formula is C21H21B3O6. The standard InChI is InChI=1S/C21H21B3O6/c25-13-16-1-7-19(8-2-16)22-28-23(20-9-3-17(14-26)4-10-20)30-24(29-22)21-11-5-18(15-27)6-12-21/h1-12,25-27H,13-15H2. The van der Waals surface area contributed by atoms with Crippen molar-refractivity contribution in [1.82, 2.24) is 0 Å². The summed E-state index contributed by atoms with van der Waals surface area (Å²) in [5.74, 6) is 0. The van der Waals surface area contributed by atoms with E-state index in [9.17, 15) is 15.3 Å². The summed E-state index contributed by atoms with van der Waals surface area (Å²) in [4.78, 5) is 0. The molecule has 1 fully saturated rings. The summed E-state index contributed by atoms with van der Waals surface area (Å²) in [6, 6.07) is 22.1. The minimum atomic E-state index is -0.670. The lowest BCUT2D eigenvalue weighted by atomic mass is 9.61. The molecule has 0 saturated carbocycles. The summed E-state index contributed by atoms with van der Waals surface area (Å²) in [6.45, 7) is -0.0969. The van der Waals surface area contributed by atoms with Crippen LogP contribution in [0.4, 0.5) is 0 Å². The fraction of sp³-hybridized carbons (Fsp3) is 0.143. The second kappa shape index (κ2) is 9.62. The zero-order valence-corrected chi connectivity index (χ0v) is 16.3. The molecule has 1 saturated heterocycles. The van der Waals surface area contributed by atoms with E-state index in [1.165, 1.54) is 0 Å². The molecule has 0 spiro atoms. The molecule has 1 aliphatic rings. The van der Waals surface area contributed by atoms with Gasteiger partial charge < -0.3 is 29.0 Å². The van der Waals surface area contributed by atoms with E-state index in [1.54, 1.807) is 0 Å². The van der Waals surface area contributed by atoms with Crippen molar-refractivity contribution in [3.8, 4) is 0 Å². The van der Waals surface area contributed by atoms with Crippen LogP contribution in [-0.4, -0.2) is 36.7 Å². The van der Waals surface area contributed by atoms with Crippen LogP contribution in [0.3, 0.4) is 0 Å². The minimum Gasteiger partial charge on any atom is -0.445 e. The zero-order valence-electron chi connectivity index (χ0n) is 16.3. The van der Waals surface area contributed by atoms with Crippen LogP contribution in [0.5, 0.6) is 0 Å². The van der Waals surface area contributed by atoms with Crippen LogP contribution >= 0.6 is 0 Å². The highest BCUT2D eigenvalue weighted by Gasteiger charge is 2.43. The molecule has 0 amide bonds. The molecule has 150 valence electrons. The average Bonchev–Trinajstić information content (AvgIpc) is 2.84. The van der Waals surface area contributed by atoms with Crippen LogP contribution in [0.1, 0.15) is 16.7 Å². The van der Waals surface area contributed by atoms with Gasteiger partial charge in [0.2, 0.25) is 0 Å². The summed E-state index contributed by atoms with van der Waals surface area (Å²) in [6.07, 6.45) is 0. The highest BCUT2D eigenvalue weighted by molar-refractivity contribution is 6.87. The largest absolute Gasteiger partial charge is 0.467 e. The van der Waals surface area contributed by atoms with Gasteiger partial charge in [0.05, 0.1) is 19.8 Å². The average molecular weight is 402 g/mol. The molecule has 0 bridgehead atoms. The summed E-state index contributed by atoms with van der Waals surface area (Å²) < 4.78 is 18.3. The van der Waals surface area contributed by atoms with Gasteiger partial charge in [-0.1, -0.05) is 72.8 Å². The topological polar surface area (TPSA) is 88.4 Å². The normalized spacial score (nSPS) is 14.3. The van der Waals surface area contributed by atoms with Crippen LogP contribution in [0.2, 0.25) is 0 Å². The number of aliphatic hydroxyl groups excluding tert-OH is 3. The van der Waals surface area contributed by atoms with Crippen molar-refractivity contribution in [3.05, 3.63) is 89.5 Å². The molecule has 3 N–H and O–H groups in total. The molecule has 0 aliphatic carbocycles. The van der Waals surface area contributed by atoms with Gasteiger partial charge in [-0.2, -0.15) is 0 Å². The van der Waals surface area contributed by atoms with E-state index < -0.39 is 21.4 Å². The van der Waals surface area contributed by atoms with Crippen LogP contribution in [-0.2, 0) is 33.5 Å². The lowest BCUT2D eigenvalue weighted by Gasteiger charge is -2.31. The Bertz CT molecular complexity index is 817. The molecule has 6 nitrogen and oxygen atoms in total. The van der Waals surface area contributed by atoms with E-state index >= 15 is 0 Å². The molecule has 0 atom stereocenters. The van der Waals surface area contributed by atoms with Gasteiger partial charge in [-0.15, -0.1) is 0 Å². The molecule has 9 heteroatoms. The Morgan fingerprint density at radius 2 is 0.667 bits per heavy atom. The lowest BCUT2D eigenvalue weighted by molar-refractivity contribution is 0.281. The van der Waals surface area contributed by atoms with E-state index in [0.29, 0.717) is 0 Å². The van der Waals surface area contributed by atoms with Crippen LogP contribution in [0.25, 0.3) is 0 Å². The molecule has 0 aromatic heterocycles. The zero-order chi connectivity index (χ0) is 20.9. The number of aliphatic hydroxyl groups is 3. The Morgan fingerprint density at radius 3 is 0.867 bits per heavy atom. The third-order valence-electron chi connectivity index (χ3n) is 5.04. The molecule has 0 unspecified atom stereocenters. The maximum Gasteiger partial charge on any atom is 0.467 e. The maximum atomic E-state index is 9.29. The highest BCUT2D eigenvalue weighted by atomic mass is 16.7. The number of benzene rings is 3. The molecule has 3 aromatic rings. The van der Waals surface area contributed by atoms with Gasteiger partial charge in [0.25, 0.3) is 0 Å². The van der Waals surface area contributed by atoms with Crippen LogP contribution < -0.4 is 16.4 Å². The molecule has 30 heavy (non-hydrogen) atoms. The monoisotopic (exact) mass is 402 g/mol. The fourth-order valence-electron chi connectivity index (χ4n) is 3.24. The van der Waals surface area contributed by atoms with Crippen molar-refractivity contribution in [1.29, 1.82) is 0 Å². The predicted molar refractivity (Wildman–Crippen MR) is 117 cm³/mol. The van der Waals surface area contributed by atoms with E-state index in [4.69, 9.17) is 13.7 Å². The van der Waals surface area contributed by atoms with Gasteiger partial charge in [-0.05, 0) is 33.1 Å². The van der Waals surface area contributed by atoms with Gasteiger partial charge in [0, 0.05) is 0 Å². The van der Waals surface area contributed by atoms with Crippen molar-refractivity contribution in [2.45, 2.75) is 19.8 Å². The lowest BCUT2D eigenvalue weighted by Crippen LogP contribution is -2.61. The van der Waals surface area contributed by atoms with Gasteiger partial charge in [-0.25, -0.2) is 0 Å².